The van der Waals surface area contributed by atoms with E-state index < -0.39 is 0 Å². The molecule has 96 valence electrons. The highest BCUT2D eigenvalue weighted by atomic mass is 79.9. The van der Waals surface area contributed by atoms with E-state index in [1.54, 1.807) is 17.4 Å². The van der Waals surface area contributed by atoms with Gasteiger partial charge < -0.3 is 5.32 Å². The minimum absolute atomic E-state index is 0.108. The molecule has 4 nitrogen and oxygen atoms in total. The number of fused-ring (bicyclic) bond motifs is 1. The minimum Gasteiger partial charge on any atom is -0.346 e. The van der Waals surface area contributed by atoms with E-state index in [9.17, 15) is 4.79 Å². The average molecular weight is 336 g/mol. The van der Waals surface area contributed by atoms with Gasteiger partial charge in [-0.1, -0.05) is 12.1 Å². The first-order valence-corrected chi connectivity index (χ1v) is 7.35. The second-order valence-corrected chi connectivity index (χ2v) is 5.71. The molecule has 6 heteroatoms. The van der Waals surface area contributed by atoms with Crippen molar-refractivity contribution < 1.29 is 4.79 Å². The fourth-order valence-corrected chi connectivity index (χ4v) is 2.96. The molecule has 19 heavy (non-hydrogen) atoms. The van der Waals surface area contributed by atoms with Crippen molar-refractivity contribution in [1.29, 1.82) is 0 Å². The highest BCUT2D eigenvalue weighted by Gasteiger charge is 2.09. The molecule has 0 bridgehead atoms. The van der Waals surface area contributed by atoms with Crippen molar-refractivity contribution in [3.8, 4) is 0 Å². The molecule has 1 N–H and O–H groups in total. The van der Waals surface area contributed by atoms with Crippen LogP contribution >= 0.6 is 27.3 Å². The molecule has 0 aliphatic carbocycles. The third kappa shape index (κ3) is 2.54. The molecule has 2 heterocycles. The fraction of sp³-hybridized carbons (Fsp3) is 0.0769. The van der Waals surface area contributed by atoms with E-state index in [4.69, 9.17) is 0 Å². The van der Waals surface area contributed by atoms with E-state index in [1.807, 2.05) is 40.4 Å². The highest BCUT2D eigenvalue weighted by molar-refractivity contribution is 9.10. The van der Waals surface area contributed by atoms with E-state index in [0.29, 0.717) is 12.1 Å². The molecule has 0 saturated heterocycles. The van der Waals surface area contributed by atoms with Gasteiger partial charge in [-0.3, -0.25) is 9.20 Å². The number of nitrogens with one attached hydrogen (secondary N) is 1. The van der Waals surface area contributed by atoms with Crippen molar-refractivity contribution in [2.45, 2.75) is 6.54 Å². The quantitative estimate of drug-likeness (QED) is 0.799. The molecule has 0 saturated carbocycles. The third-order valence-corrected chi connectivity index (χ3v) is 4.15. The molecule has 0 atom stereocenters. The zero-order chi connectivity index (χ0) is 13.2. The Bertz CT molecular complexity index is 706. The molecule has 1 amide bonds. The number of halogens is 1. The zero-order valence-electron chi connectivity index (χ0n) is 9.84. The minimum atomic E-state index is -0.108. The second-order valence-electron chi connectivity index (χ2n) is 3.99. The third-order valence-electron chi connectivity index (χ3n) is 2.69. The van der Waals surface area contributed by atoms with E-state index in [0.717, 1.165) is 15.1 Å². The van der Waals surface area contributed by atoms with E-state index >= 15 is 0 Å². The number of thiazole rings is 1. The van der Waals surface area contributed by atoms with Gasteiger partial charge in [0.25, 0.3) is 5.91 Å². The lowest BCUT2D eigenvalue weighted by Gasteiger charge is -2.04. The van der Waals surface area contributed by atoms with Crippen molar-refractivity contribution in [3.05, 3.63) is 57.8 Å². The van der Waals surface area contributed by atoms with Crippen LogP contribution in [0.25, 0.3) is 4.96 Å². The summed E-state index contributed by atoms with van der Waals surface area (Å²) in [4.78, 5) is 17.4. The maximum absolute atomic E-state index is 12.0. The van der Waals surface area contributed by atoms with Gasteiger partial charge in [-0.25, -0.2) is 4.98 Å². The Morgan fingerprint density at radius 3 is 3.05 bits per heavy atom. The molecule has 0 spiro atoms. The van der Waals surface area contributed by atoms with Gasteiger partial charge in [0.15, 0.2) is 4.96 Å². The summed E-state index contributed by atoms with van der Waals surface area (Å²) in [6.07, 6.45) is 3.87. The van der Waals surface area contributed by atoms with Crippen LogP contribution < -0.4 is 5.32 Å². The topological polar surface area (TPSA) is 46.4 Å². The van der Waals surface area contributed by atoms with Crippen LogP contribution in [-0.4, -0.2) is 15.3 Å². The van der Waals surface area contributed by atoms with Gasteiger partial charge in [0, 0.05) is 22.2 Å². The number of hydrogen-bond acceptors (Lipinski definition) is 3. The first kappa shape index (κ1) is 12.4. The van der Waals surface area contributed by atoms with Crippen LogP contribution in [0.15, 0.2) is 46.5 Å². The van der Waals surface area contributed by atoms with E-state index in [-0.39, 0.29) is 5.91 Å². The predicted octanol–water partition coefficient (Wildman–Crippen LogP) is 3.09. The first-order valence-electron chi connectivity index (χ1n) is 5.68. The summed E-state index contributed by atoms with van der Waals surface area (Å²) in [6.45, 7) is 0.425. The lowest BCUT2D eigenvalue weighted by atomic mass is 10.2. The summed E-state index contributed by atoms with van der Waals surface area (Å²) < 4.78 is 2.74. The Balaban J connectivity index is 1.71. The number of benzene rings is 1. The number of amides is 1. The number of rotatable bonds is 3. The molecule has 3 aromatic rings. The summed E-state index contributed by atoms with van der Waals surface area (Å²) in [7, 11) is 0. The SMILES string of the molecule is O=C(NCc1cn2ccsc2n1)c1ccccc1Br. The molecule has 1 aromatic carbocycles. The average Bonchev–Trinajstić information content (AvgIpc) is 2.97. The molecule has 3 rings (SSSR count). The standard InChI is InChI=1S/C13H10BrN3OS/c14-11-4-2-1-3-10(11)12(18)15-7-9-8-17-5-6-19-13(17)16-9/h1-6,8H,7H2,(H,15,18). The van der Waals surface area contributed by atoms with E-state index in [2.05, 4.69) is 26.2 Å². The lowest BCUT2D eigenvalue weighted by molar-refractivity contribution is 0.0949. The van der Waals surface area contributed by atoms with Crippen LogP contribution in [0.2, 0.25) is 0 Å². The van der Waals surface area contributed by atoms with Gasteiger partial charge >= 0.3 is 0 Å². The van der Waals surface area contributed by atoms with Gasteiger partial charge in [0.2, 0.25) is 0 Å². The van der Waals surface area contributed by atoms with Crippen molar-refractivity contribution >= 4 is 38.1 Å². The van der Waals surface area contributed by atoms with Crippen LogP contribution in [0.1, 0.15) is 16.1 Å². The normalized spacial score (nSPS) is 10.8. The van der Waals surface area contributed by atoms with Crippen LogP contribution in [-0.2, 0) is 6.54 Å². The second kappa shape index (κ2) is 5.14. The van der Waals surface area contributed by atoms with Crippen LogP contribution in [0, 0.1) is 0 Å². The molecule has 0 aliphatic heterocycles. The van der Waals surface area contributed by atoms with Crippen LogP contribution in [0.4, 0.5) is 0 Å². The van der Waals surface area contributed by atoms with Gasteiger partial charge in [-0.15, -0.1) is 11.3 Å². The molecule has 0 unspecified atom stereocenters. The summed E-state index contributed by atoms with van der Waals surface area (Å²) in [5, 5.41) is 4.84. The number of aromatic nitrogens is 2. The Kier molecular flexibility index (Phi) is 3.35. The number of imidazole rings is 1. The van der Waals surface area contributed by atoms with Crippen molar-refractivity contribution in [3.63, 3.8) is 0 Å². The van der Waals surface area contributed by atoms with Crippen molar-refractivity contribution in [2.24, 2.45) is 0 Å². The maximum Gasteiger partial charge on any atom is 0.252 e. The summed E-state index contributed by atoms with van der Waals surface area (Å²) in [6, 6.07) is 7.35. The zero-order valence-corrected chi connectivity index (χ0v) is 12.2. The van der Waals surface area contributed by atoms with Crippen LogP contribution in [0.3, 0.4) is 0 Å². The fourth-order valence-electron chi connectivity index (χ4n) is 1.77. The smallest absolute Gasteiger partial charge is 0.252 e. The highest BCUT2D eigenvalue weighted by Crippen LogP contribution is 2.16. The van der Waals surface area contributed by atoms with Crippen molar-refractivity contribution in [2.75, 3.05) is 0 Å². The van der Waals surface area contributed by atoms with Gasteiger partial charge in [0.05, 0.1) is 17.8 Å². The maximum atomic E-state index is 12.0. The lowest BCUT2D eigenvalue weighted by Crippen LogP contribution is -2.23. The van der Waals surface area contributed by atoms with Crippen LogP contribution in [0.5, 0.6) is 0 Å². The summed E-state index contributed by atoms with van der Waals surface area (Å²) >= 11 is 4.94. The molecule has 0 aliphatic rings. The molecular weight excluding hydrogens is 326 g/mol. The number of hydrogen-bond donors (Lipinski definition) is 1. The first-order chi connectivity index (χ1) is 9.24. The van der Waals surface area contributed by atoms with E-state index in [1.165, 1.54) is 0 Å². The van der Waals surface area contributed by atoms with Crippen molar-refractivity contribution in [1.82, 2.24) is 14.7 Å². The number of carbonyl (C=O) groups is 1. The molecule has 0 fully saturated rings. The van der Waals surface area contributed by atoms with Gasteiger partial charge in [0.1, 0.15) is 0 Å². The molecule has 0 radical (unpaired) electrons. The Morgan fingerprint density at radius 2 is 2.26 bits per heavy atom. The molecule has 2 aromatic heterocycles. The summed E-state index contributed by atoms with van der Waals surface area (Å²) in [5.74, 6) is -0.108. The monoisotopic (exact) mass is 335 g/mol. The Labute approximate surface area is 122 Å². The molecular formula is C13H10BrN3OS. The summed E-state index contributed by atoms with van der Waals surface area (Å²) in [5.41, 5.74) is 1.48. The Morgan fingerprint density at radius 1 is 1.42 bits per heavy atom. The number of carbonyl (C=O) groups excluding carboxylic acids is 1. The van der Waals surface area contributed by atoms with Gasteiger partial charge in [-0.2, -0.15) is 0 Å². The largest absolute Gasteiger partial charge is 0.346 e. The number of nitrogens with zero attached hydrogens (tertiary/aromatic N) is 2. The Hall–Kier alpha value is -1.66. The predicted molar refractivity (Wildman–Crippen MR) is 78.4 cm³/mol. The van der Waals surface area contributed by atoms with Gasteiger partial charge in [-0.05, 0) is 28.1 Å².